The molecule has 0 atom stereocenters. The zero-order chi connectivity index (χ0) is 79.9. The van der Waals surface area contributed by atoms with Gasteiger partial charge in [-0.05, 0) is 123 Å². The normalized spacial score (nSPS) is 10.6. The Kier molecular flexibility index (Phi) is 23.2. The maximum absolute atomic E-state index is 13.9. The van der Waals surface area contributed by atoms with Gasteiger partial charge in [-0.2, -0.15) is 0 Å². The Bertz CT molecular complexity index is 5290. The van der Waals surface area contributed by atoms with Crippen molar-refractivity contribution in [3.05, 3.63) is 213 Å². The summed E-state index contributed by atoms with van der Waals surface area (Å²) in [6.07, 6.45) is 29.1. The number of unbranched alkanes of at least 4 members (excludes halogenated alkanes) is 2. The highest BCUT2D eigenvalue weighted by Crippen LogP contribution is 2.30. The van der Waals surface area contributed by atoms with Crippen LogP contribution in [0.25, 0.3) is 68.3 Å². The predicted molar refractivity (Wildman–Crippen MR) is 392 cm³/mol. The molecule has 556 valence electrons. The maximum atomic E-state index is 13.9. The number of hydrogen-bond donors (Lipinski definition) is 12. The van der Waals surface area contributed by atoms with Gasteiger partial charge < -0.3 is 62.1 Å². The summed E-state index contributed by atoms with van der Waals surface area (Å²) >= 11 is 0. The topological polar surface area (TPSA) is 521 Å². The number of benzene rings is 4. The van der Waals surface area contributed by atoms with Crippen molar-refractivity contribution < 1.29 is 79.2 Å². The number of nitrogens with one attached hydrogen (secondary N) is 4. The van der Waals surface area contributed by atoms with E-state index in [2.05, 4.69) is 106 Å². The van der Waals surface area contributed by atoms with Gasteiger partial charge in [0.25, 0.3) is 23.6 Å². The number of aromatic hydroxyl groups is 4. The molecule has 0 radical (unpaired) electrons. The first kappa shape index (κ1) is 76.4. The van der Waals surface area contributed by atoms with E-state index in [1.807, 2.05) is 0 Å². The van der Waals surface area contributed by atoms with Crippen LogP contribution in [0.3, 0.4) is 0 Å². The van der Waals surface area contributed by atoms with E-state index >= 15 is 0 Å². The molecule has 8 heterocycles. The number of carbonyl (C=O) groups is 8. The van der Waals surface area contributed by atoms with E-state index in [-0.39, 0.29) is 127 Å². The molecule has 4 aromatic carbocycles. The van der Waals surface area contributed by atoms with Crippen LogP contribution in [0, 0.1) is 49.4 Å². The van der Waals surface area contributed by atoms with Gasteiger partial charge in [-0.25, -0.2) is 57.8 Å². The van der Waals surface area contributed by atoms with Gasteiger partial charge in [0.15, 0.2) is 0 Å². The molecule has 0 spiro atoms. The monoisotopic (exact) mass is 1500 g/mol. The molecule has 8 aromatic heterocycles. The van der Waals surface area contributed by atoms with Gasteiger partial charge in [0.05, 0.1) is 70.3 Å². The van der Waals surface area contributed by atoms with Crippen LogP contribution in [0.5, 0.6) is 23.0 Å². The molecule has 12 rings (SSSR count). The number of pyridine rings is 4. The Hall–Kier alpha value is -16.8. The van der Waals surface area contributed by atoms with Gasteiger partial charge in [-0.15, -0.1) is 46.1 Å². The average molecular weight is 1510 g/mol. The fourth-order valence-corrected chi connectivity index (χ4v) is 10.6. The predicted octanol–water partition coefficient (Wildman–Crippen LogP) is 5.36. The Labute approximate surface area is 631 Å². The standard InChI is InChI=1S/C52H38N16O14.C24H18N4O2/c69-43-17-27(3-7-31(43)49(75)76)65-21-39(57-61-65)35-13-25(14-36(55-35)40-22-66(62-58-40)28-4-8-32(50(77)78)44(70)18-28)47(73)53-11-1-2-12-54-48(74)26-15-37(41-23-67(63-59-41)29-5-9-33(51(79)80)45(71)19-29)56-38(16-26)42-24-68(64-60-42)30-6-10-34(52(81)82)46(72)20-30;1-5-19-13-17(14-20(6-2)27-19)23(29)25-11-9-10-12-26-24(30)18-15-21(7-3)28-22(8-4)16-18/h3-10,13-24,69-72H,1-2,11-12H2,(H,53,73)(H,54,74)(H,75,76)(H,77,78)(H,79,80)(H,81,82);1-4,13-16H,9-12H2,(H,25,29)(H,26,30). The summed E-state index contributed by atoms with van der Waals surface area (Å²) < 4.78 is 5.02. The fraction of sp³-hybridized carbons (Fsp3) is 0.105. The molecule has 0 aliphatic carbocycles. The Morgan fingerprint density at radius 2 is 0.518 bits per heavy atom. The number of amides is 4. The number of phenols is 4. The number of nitrogens with zero attached hydrogens (tertiary/aromatic N) is 16. The molecule has 0 saturated carbocycles. The van der Waals surface area contributed by atoms with Gasteiger partial charge >= 0.3 is 23.9 Å². The van der Waals surface area contributed by atoms with Crippen LogP contribution >= 0.6 is 0 Å². The molecule has 36 nitrogen and oxygen atoms in total. The second-order valence-corrected chi connectivity index (χ2v) is 23.7. The van der Waals surface area contributed by atoms with Crippen LogP contribution in [-0.2, 0) is 0 Å². The minimum atomic E-state index is -1.34. The molecule has 12 aromatic rings. The number of carbonyl (C=O) groups excluding carboxylic acids is 4. The van der Waals surface area contributed by atoms with E-state index in [0.29, 0.717) is 72.7 Å². The lowest BCUT2D eigenvalue weighted by molar-refractivity contribution is 0.0682. The number of carboxylic acid groups (broad SMARTS) is 4. The fourth-order valence-electron chi connectivity index (χ4n) is 10.6. The van der Waals surface area contributed by atoms with Gasteiger partial charge in [0.2, 0.25) is 0 Å². The van der Waals surface area contributed by atoms with Crippen molar-refractivity contribution in [2.24, 2.45) is 0 Å². The lowest BCUT2D eigenvalue weighted by atomic mass is 10.1. The molecule has 0 unspecified atom stereocenters. The first-order valence-corrected chi connectivity index (χ1v) is 32.9. The molecule has 4 amide bonds. The molecule has 0 saturated heterocycles. The van der Waals surface area contributed by atoms with Crippen molar-refractivity contribution >= 4 is 47.5 Å². The molecule has 0 aliphatic rings. The largest absolute Gasteiger partial charge is 0.507 e. The number of aromatic carboxylic acids is 4. The highest BCUT2D eigenvalue weighted by atomic mass is 16.4. The van der Waals surface area contributed by atoms with Gasteiger partial charge in [0, 0.05) is 72.7 Å². The zero-order valence-corrected chi connectivity index (χ0v) is 57.8. The SMILES string of the molecule is C#Cc1cc(C(=O)NCCCCNC(=O)c2cc(C#C)nc(C#C)c2)cc(C#C)n1.O=C(NCCCCNC(=O)c1cc(-c2cn(-c3ccc(C(=O)O)c(O)c3)nn2)nc(-c2cn(-c3ccc(C(=O)O)c(O)c3)nn2)c1)c1cc(-c2cn(-c3ccc(C(=O)O)c(O)c3)nn2)nc(-c2cn(-c3ccc(C(=O)O)c(O)c3)nn2)c1. The second kappa shape index (κ2) is 34.0. The van der Waals surface area contributed by atoms with E-state index < -0.39 is 58.7 Å². The first-order chi connectivity index (χ1) is 53.9. The van der Waals surface area contributed by atoms with Gasteiger partial charge in [-0.1, -0.05) is 44.5 Å². The summed E-state index contributed by atoms with van der Waals surface area (Å²) in [5.74, 6) is 0.350. The van der Waals surface area contributed by atoms with E-state index in [4.69, 9.17) is 25.7 Å². The summed E-state index contributed by atoms with van der Waals surface area (Å²) in [5.41, 5.74) is 2.94. The van der Waals surface area contributed by atoms with E-state index in [9.17, 15) is 79.2 Å². The third kappa shape index (κ3) is 18.1. The molecular formula is C76H56N20O16. The minimum absolute atomic E-state index is 0.0946. The van der Waals surface area contributed by atoms with Crippen molar-refractivity contribution in [2.75, 3.05) is 26.2 Å². The Morgan fingerprint density at radius 1 is 0.304 bits per heavy atom. The van der Waals surface area contributed by atoms with Crippen LogP contribution in [0.4, 0.5) is 0 Å². The molecule has 12 N–H and O–H groups in total. The second-order valence-electron chi connectivity index (χ2n) is 23.7. The summed E-state index contributed by atoms with van der Waals surface area (Å²) in [5, 5.41) is 123. The van der Waals surface area contributed by atoms with Crippen molar-refractivity contribution in [2.45, 2.75) is 25.7 Å². The van der Waals surface area contributed by atoms with Crippen LogP contribution < -0.4 is 21.3 Å². The molecule has 0 aliphatic heterocycles. The smallest absolute Gasteiger partial charge is 0.339 e. The number of aromatic nitrogens is 16. The van der Waals surface area contributed by atoms with E-state index in [1.54, 1.807) is 0 Å². The third-order valence-electron chi connectivity index (χ3n) is 16.2. The summed E-state index contributed by atoms with van der Waals surface area (Å²) in [7, 11) is 0. The number of terminal acetylenes is 4. The van der Waals surface area contributed by atoms with Crippen molar-refractivity contribution in [3.8, 4) is 141 Å². The van der Waals surface area contributed by atoms with Crippen molar-refractivity contribution in [1.29, 1.82) is 0 Å². The molecule has 0 fully saturated rings. The lowest BCUT2D eigenvalue weighted by Gasteiger charge is -2.10. The number of carboxylic acids is 4. The molecule has 0 bridgehead atoms. The summed E-state index contributed by atoms with van der Waals surface area (Å²) in [6, 6.07) is 26.9. The number of rotatable bonds is 26. The summed E-state index contributed by atoms with van der Waals surface area (Å²) in [4.78, 5) is 116. The Balaban J connectivity index is 0.000000347. The zero-order valence-electron chi connectivity index (χ0n) is 57.8. The molecule has 112 heavy (non-hydrogen) atoms. The maximum Gasteiger partial charge on any atom is 0.339 e. The highest BCUT2D eigenvalue weighted by molar-refractivity contribution is 5.98. The third-order valence-corrected chi connectivity index (χ3v) is 16.2. The molecule has 36 heteroatoms. The van der Waals surface area contributed by atoms with Crippen LogP contribution in [0.2, 0.25) is 0 Å². The van der Waals surface area contributed by atoms with E-state index in [1.165, 1.54) is 165 Å². The molecular weight excluding hydrogens is 1450 g/mol. The van der Waals surface area contributed by atoms with Crippen LogP contribution in [-0.4, -0.2) is 194 Å². The average Bonchev–Trinajstić information content (AvgIpc) is 1.40. The van der Waals surface area contributed by atoms with Crippen LogP contribution in [0.15, 0.2) is 146 Å². The highest BCUT2D eigenvalue weighted by Gasteiger charge is 2.23. The number of hydrogen-bond acceptors (Lipinski definition) is 24. The minimum Gasteiger partial charge on any atom is -0.507 e. The van der Waals surface area contributed by atoms with E-state index in [0.717, 1.165) is 0 Å². The Morgan fingerprint density at radius 3 is 0.714 bits per heavy atom. The van der Waals surface area contributed by atoms with Crippen molar-refractivity contribution in [1.82, 2.24) is 101 Å². The van der Waals surface area contributed by atoms with Gasteiger partial charge in [-0.3, -0.25) is 19.2 Å². The quantitative estimate of drug-likeness (QED) is 0.0240. The van der Waals surface area contributed by atoms with Crippen LogP contribution in [0.1, 0.15) is 131 Å². The summed E-state index contributed by atoms with van der Waals surface area (Å²) in [6.45, 7) is 1.10. The van der Waals surface area contributed by atoms with Gasteiger partial charge in [0.1, 0.15) is 90.8 Å². The first-order valence-electron chi connectivity index (χ1n) is 32.9. The van der Waals surface area contributed by atoms with Crippen molar-refractivity contribution in [3.63, 3.8) is 0 Å². The lowest BCUT2D eigenvalue weighted by Crippen LogP contribution is -2.27.